The average molecular weight is 305 g/mol. The zero-order valence-corrected chi connectivity index (χ0v) is 12.5. The van der Waals surface area contributed by atoms with Gasteiger partial charge in [0.2, 0.25) is 0 Å². The highest BCUT2D eigenvalue weighted by Crippen LogP contribution is 2.12. The van der Waals surface area contributed by atoms with Crippen LogP contribution in [0.4, 0.5) is 5.82 Å². The number of benzene rings is 1. The van der Waals surface area contributed by atoms with Crippen molar-refractivity contribution in [1.29, 1.82) is 0 Å². The molecule has 0 unspecified atom stereocenters. The fourth-order valence-corrected chi connectivity index (χ4v) is 2.09. The van der Waals surface area contributed by atoms with Crippen LogP contribution in [0.25, 0.3) is 0 Å². The van der Waals surface area contributed by atoms with Gasteiger partial charge in [0.05, 0.1) is 0 Å². The fraction of sp³-hybridized carbons (Fsp3) is 0.267. The second-order valence-corrected chi connectivity index (χ2v) is 4.98. The topological polar surface area (TPSA) is 66.9 Å². The zero-order chi connectivity index (χ0) is 15.1. The maximum Gasteiger partial charge on any atom is 0.271 e. The Hall–Kier alpha value is -2.14. The van der Waals surface area contributed by atoms with Crippen LogP contribution in [0.2, 0.25) is 5.02 Å². The quantitative estimate of drug-likeness (QED) is 0.805. The Bertz CT molecular complexity index is 601. The molecule has 21 heavy (non-hydrogen) atoms. The normalized spacial score (nSPS) is 10.2. The third kappa shape index (κ3) is 4.72. The maximum atomic E-state index is 11.3. The first-order chi connectivity index (χ1) is 10.2. The van der Waals surface area contributed by atoms with E-state index in [0.717, 1.165) is 24.4 Å². The summed E-state index contributed by atoms with van der Waals surface area (Å²) < 4.78 is 0. The molecule has 0 bridgehead atoms. The molecule has 0 saturated heterocycles. The monoisotopic (exact) mass is 304 g/mol. The number of nitrogens with one attached hydrogen (secondary N) is 2. The molecule has 0 aliphatic carbocycles. The first-order valence-corrected chi connectivity index (χ1v) is 7.11. The first-order valence-electron chi connectivity index (χ1n) is 6.73. The molecule has 2 aromatic rings. The van der Waals surface area contributed by atoms with Crippen LogP contribution < -0.4 is 10.6 Å². The second-order valence-electron chi connectivity index (χ2n) is 4.54. The minimum absolute atomic E-state index is 0.241. The average Bonchev–Trinajstić information content (AvgIpc) is 2.51. The van der Waals surface area contributed by atoms with E-state index in [1.807, 2.05) is 18.2 Å². The van der Waals surface area contributed by atoms with Crippen molar-refractivity contribution >= 4 is 23.3 Å². The standard InChI is InChI=1S/C15H17ClN4O/c1-17-15(21)13-7-8-14(20-19-13)18-9-3-5-11-4-2-6-12(16)10-11/h2,4,6-8,10H,3,5,9H2,1H3,(H,17,21)(H,18,20). The molecule has 0 spiro atoms. The van der Waals surface area contributed by atoms with Crippen LogP contribution in [0.1, 0.15) is 22.5 Å². The van der Waals surface area contributed by atoms with Gasteiger partial charge in [0.15, 0.2) is 5.69 Å². The summed E-state index contributed by atoms with van der Waals surface area (Å²) in [5.41, 5.74) is 1.52. The highest BCUT2D eigenvalue weighted by atomic mass is 35.5. The fourth-order valence-electron chi connectivity index (χ4n) is 1.88. The maximum absolute atomic E-state index is 11.3. The summed E-state index contributed by atoms with van der Waals surface area (Å²) in [6.07, 6.45) is 1.90. The third-order valence-electron chi connectivity index (χ3n) is 2.96. The van der Waals surface area contributed by atoms with E-state index in [4.69, 9.17) is 11.6 Å². The van der Waals surface area contributed by atoms with Crippen LogP contribution in [0.3, 0.4) is 0 Å². The molecule has 1 aromatic carbocycles. The molecular weight excluding hydrogens is 288 g/mol. The Labute approximate surface area is 128 Å². The predicted octanol–water partition coefficient (Wildman–Crippen LogP) is 2.53. The van der Waals surface area contributed by atoms with Crippen LogP contribution in [0.5, 0.6) is 0 Å². The van der Waals surface area contributed by atoms with Crippen molar-refractivity contribution in [1.82, 2.24) is 15.5 Å². The van der Waals surface area contributed by atoms with Crippen molar-refractivity contribution in [3.63, 3.8) is 0 Å². The smallest absolute Gasteiger partial charge is 0.271 e. The van der Waals surface area contributed by atoms with E-state index in [2.05, 4.69) is 26.9 Å². The SMILES string of the molecule is CNC(=O)c1ccc(NCCCc2cccc(Cl)c2)nn1. The van der Waals surface area contributed by atoms with Crippen molar-refractivity contribution in [3.05, 3.63) is 52.7 Å². The number of carbonyl (C=O) groups is 1. The number of hydrogen-bond acceptors (Lipinski definition) is 4. The highest BCUT2D eigenvalue weighted by molar-refractivity contribution is 6.30. The van der Waals surface area contributed by atoms with Gasteiger partial charge >= 0.3 is 0 Å². The Morgan fingerprint density at radius 1 is 1.24 bits per heavy atom. The summed E-state index contributed by atoms with van der Waals surface area (Å²) >= 11 is 5.94. The van der Waals surface area contributed by atoms with Gasteiger partial charge in [-0.1, -0.05) is 23.7 Å². The summed E-state index contributed by atoms with van der Waals surface area (Å²) in [6, 6.07) is 11.2. The van der Waals surface area contributed by atoms with Gasteiger partial charge in [0.1, 0.15) is 5.82 Å². The van der Waals surface area contributed by atoms with Crippen LogP contribution >= 0.6 is 11.6 Å². The number of aryl methyl sites for hydroxylation is 1. The molecule has 110 valence electrons. The first kappa shape index (κ1) is 15.3. The second kappa shape index (κ2) is 7.59. The zero-order valence-electron chi connectivity index (χ0n) is 11.8. The Morgan fingerprint density at radius 2 is 2.10 bits per heavy atom. The van der Waals surface area contributed by atoms with Gasteiger partial charge < -0.3 is 10.6 Å². The van der Waals surface area contributed by atoms with Crippen molar-refractivity contribution in [2.75, 3.05) is 18.9 Å². The number of hydrogen-bond donors (Lipinski definition) is 2. The van der Waals surface area contributed by atoms with Crippen LogP contribution in [-0.2, 0) is 6.42 Å². The third-order valence-corrected chi connectivity index (χ3v) is 3.20. The summed E-state index contributed by atoms with van der Waals surface area (Å²) in [6.45, 7) is 0.778. The van der Waals surface area contributed by atoms with E-state index >= 15 is 0 Å². The van der Waals surface area contributed by atoms with E-state index in [1.165, 1.54) is 5.56 Å². The Morgan fingerprint density at radius 3 is 2.76 bits per heavy atom. The molecule has 6 heteroatoms. The number of aromatic nitrogens is 2. The van der Waals surface area contributed by atoms with E-state index in [1.54, 1.807) is 19.2 Å². The van der Waals surface area contributed by atoms with Crippen molar-refractivity contribution in [2.45, 2.75) is 12.8 Å². The van der Waals surface area contributed by atoms with Crippen molar-refractivity contribution in [3.8, 4) is 0 Å². The lowest BCUT2D eigenvalue weighted by Gasteiger charge is -2.06. The van der Waals surface area contributed by atoms with E-state index < -0.39 is 0 Å². The van der Waals surface area contributed by atoms with Gasteiger partial charge in [-0.25, -0.2) is 0 Å². The largest absolute Gasteiger partial charge is 0.369 e. The molecule has 0 aliphatic rings. The van der Waals surface area contributed by atoms with Gasteiger partial charge in [-0.2, -0.15) is 0 Å². The van der Waals surface area contributed by atoms with Crippen LogP contribution in [0.15, 0.2) is 36.4 Å². The molecule has 0 radical (unpaired) electrons. The number of halogens is 1. The number of amides is 1. The molecule has 1 aromatic heterocycles. The molecule has 1 amide bonds. The summed E-state index contributed by atoms with van der Waals surface area (Å²) in [5, 5.41) is 14.3. The molecule has 0 fully saturated rings. The molecule has 0 aliphatic heterocycles. The van der Waals surface area contributed by atoms with Crippen molar-refractivity contribution in [2.24, 2.45) is 0 Å². The number of anilines is 1. The van der Waals surface area contributed by atoms with Gasteiger partial charge in [-0.3, -0.25) is 4.79 Å². The highest BCUT2D eigenvalue weighted by Gasteiger charge is 2.05. The molecule has 5 nitrogen and oxygen atoms in total. The van der Waals surface area contributed by atoms with Gasteiger partial charge in [0, 0.05) is 18.6 Å². The molecule has 2 rings (SSSR count). The van der Waals surface area contributed by atoms with E-state index in [0.29, 0.717) is 11.5 Å². The summed E-state index contributed by atoms with van der Waals surface area (Å²) in [4.78, 5) is 11.3. The summed E-state index contributed by atoms with van der Waals surface area (Å²) in [7, 11) is 1.56. The van der Waals surface area contributed by atoms with Gasteiger partial charge in [-0.05, 0) is 42.7 Å². The molecular formula is C15H17ClN4O. The Kier molecular flexibility index (Phi) is 5.51. The number of carbonyl (C=O) groups excluding carboxylic acids is 1. The molecule has 0 atom stereocenters. The minimum atomic E-state index is -0.241. The minimum Gasteiger partial charge on any atom is -0.369 e. The summed E-state index contributed by atoms with van der Waals surface area (Å²) in [5.74, 6) is 0.420. The lowest BCUT2D eigenvalue weighted by molar-refractivity contribution is 0.0957. The Balaban J connectivity index is 1.77. The van der Waals surface area contributed by atoms with Crippen LogP contribution in [-0.4, -0.2) is 29.7 Å². The lowest BCUT2D eigenvalue weighted by Crippen LogP contribution is -2.19. The molecule has 1 heterocycles. The molecule has 0 saturated carbocycles. The van der Waals surface area contributed by atoms with Crippen LogP contribution in [0, 0.1) is 0 Å². The molecule has 2 N–H and O–H groups in total. The lowest BCUT2D eigenvalue weighted by atomic mass is 10.1. The van der Waals surface area contributed by atoms with Crippen molar-refractivity contribution < 1.29 is 4.79 Å². The van der Waals surface area contributed by atoms with Gasteiger partial charge in [-0.15, -0.1) is 10.2 Å². The van der Waals surface area contributed by atoms with E-state index in [9.17, 15) is 4.79 Å². The number of rotatable bonds is 6. The van der Waals surface area contributed by atoms with Gasteiger partial charge in [0.25, 0.3) is 5.91 Å². The predicted molar refractivity (Wildman–Crippen MR) is 83.7 cm³/mol. The number of nitrogens with zero attached hydrogens (tertiary/aromatic N) is 2. The van der Waals surface area contributed by atoms with E-state index in [-0.39, 0.29) is 5.91 Å².